The van der Waals surface area contributed by atoms with Gasteiger partial charge in [-0.1, -0.05) is 25.1 Å². The van der Waals surface area contributed by atoms with Gasteiger partial charge < -0.3 is 9.73 Å². The topological polar surface area (TPSA) is 77.1 Å². The lowest BCUT2D eigenvalue weighted by molar-refractivity contribution is -0.123. The Morgan fingerprint density at radius 2 is 1.92 bits per heavy atom. The van der Waals surface area contributed by atoms with Gasteiger partial charge in [0.1, 0.15) is 11.2 Å². The van der Waals surface area contributed by atoms with Crippen LogP contribution in [0.1, 0.15) is 26.3 Å². The number of amides is 1. The Morgan fingerprint density at radius 1 is 1.15 bits per heavy atom. The third-order valence-corrected chi connectivity index (χ3v) is 4.31. The first kappa shape index (κ1) is 17.7. The maximum Gasteiger partial charge on any atom is 0.267 e. The van der Waals surface area contributed by atoms with Crippen molar-refractivity contribution < 1.29 is 9.21 Å². The number of carbonyl (C=O) groups is 1. The number of anilines is 1. The molecule has 6 nitrogen and oxygen atoms in total. The van der Waals surface area contributed by atoms with Crippen molar-refractivity contribution in [3.05, 3.63) is 70.7 Å². The van der Waals surface area contributed by atoms with E-state index >= 15 is 0 Å². The predicted molar refractivity (Wildman–Crippen MR) is 100.0 cm³/mol. The van der Waals surface area contributed by atoms with E-state index in [1.807, 2.05) is 31.2 Å². The van der Waals surface area contributed by atoms with Crippen molar-refractivity contribution in [3.63, 3.8) is 0 Å². The molecule has 2 heterocycles. The van der Waals surface area contributed by atoms with Crippen LogP contribution in [0.4, 0.5) is 5.69 Å². The second-order valence-corrected chi connectivity index (χ2v) is 6.47. The Labute approximate surface area is 151 Å². The first-order valence-electron chi connectivity index (χ1n) is 8.47. The summed E-state index contributed by atoms with van der Waals surface area (Å²) in [4.78, 5) is 25.3. The van der Waals surface area contributed by atoms with Gasteiger partial charge in [-0.3, -0.25) is 9.59 Å². The van der Waals surface area contributed by atoms with Crippen LogP contribution in [0, 0.1) is 0 Å². The van der Waals surface area contributed by atoms with E-state index in [1.165, 1.54) is 17.0 Å². The molecular weight excluding hydrogens is 330 g/mol. The lowest BCUT2D eigenvalue weighted by atomic mass is 10.0. The molecule has 0 saturated heterocycles. The van der Waals surface area contributed by atoms with E-state index in [9.17, 15) is 9.59 Å². The number of hydrogen-bond acceptors (Lipinski definition) is 4. The Hall–Kier alpha value is -3.15. The molecule has 1 aromatic carbocycles. The zero-order chi connectivity index (χ0) is 18.7. The van der Waals surface area contributed by atoms with Gasteiger partial charge in [0.25, 0.3) is 11.5 Å². The van der Waals surface area contributed by atoms with Gasteiger partial charge in [0.2, 0.25) is 0 Å². The molecule has 3 rings (SSSR count). The average molecular weight is 351 g/mol. The minimum Gasteiger partial charge on any atom is -0.463 e. The molecule has 3 aromatic rings. The van der Waals surface area contributed by atoms with Crippen molar-refractivity contribution >= 4 is 11.6 Å². The number of para-hydroxylation sites is 1. The van der Waals surface area contributed by atoms with Crippen molar-refractivity contribution in [1.82, 2.24) is 9.78 Å². The van der Waals surface area contributed by atoms with Crippen LogP contribution in [0.5, 0.6) is 0 Å². The molecule has 0 bridgehead atoms. The molecule has 0 radical (unpaired) electrons. The summed E-state index contributed by atoms with van der Waals surface area (Å²) in [6, 6.07) is 14.1. The number of aromatic nitrogens is 2. The van der Waals surface area contributed by atoms with E-state index in [4.69, 9.17) is 4.42 Å². The average Bonchev–Trinajstić information content (AvgIpc) is 3.17. The van der Waals surface area contributed by atoms with Gasteiger partial charge >= 0.3 is 0 Å². The second-order valence-electron chi connectivity index (χ2n) is 6.47. The van der Waals surface area contributed by atoms with Crippen LogP contribution < -0.4 is 10.9 Å². The molecule has 0 aliphatic carbocycles. The van der Waals surface area contributed by atoms with E-state index < -0.39 is 5.54 Å². The summed E-state index contributed by atoms with van der Waals surface area (Å²) in [6.45, 7) is 5.35. The SMILES string of the molecule is CCc1ccccc1NC(=O)C(C)(C)n1nc(-c2ccco2)ccc1=O. The fourth-order valence-electron chi connectivity index (χ4n) is 2.69. The van der Waals surface area contributed by atoms with Crippen LogP contribution in [0.3, 0.4) is 0 Å². The van der Waals surface area contributed by atoms with Crippen LogP contribution in [-0.2, 0) is 16.8 Å². The molecule has 0 spiro atoms. The van der Waals surface area contributed by atoms with E-state index in [-0.39, 0.29) is 11.5 Å². The summed E-state index contributed by atoms with van der Waals surface area (Å²) in [7, 11) is 0. The van der Waals surface area contributed by atoms with Gasteiger partial charge in [-0.25, -0.2) is 4.68 Å². The highest BCUT2D eigenvalue weighted by molar-refractivity contribution is 5.96. The summed E-state index contributed by atoms with van der Waals surface area (Å²) >= 11 is 0. The Bertz CT molecular complexity index is 972. The summed E-state index contributed by atoms with van der Waals surface area (Å²) in [6.07, 6.45) is 2.33. The Kier molecular flexibility index (Phi) is 4.75. The van der Waals surface area contributed by atoms with Gasteiger partial charge in [-0.15, -0.1) is 0 Å². The van der Waals surface area contributed by atoms with Crippen molar-refractivity contribution in [2.24, 2.45) is 0 Å². The first-order valence-corrected chi connectivity index (χ1v) is 8.47. The molecule has 1 amide bonds. The molecule has 0 unspecified atom stereocenters. The number of carbonyl (C=O) groups excluding carboxylic acids is 1. The summed E-state index contributed by atoms with van der Waals surface area (Å²) < 4.78 is 6.52. The van der Waals surface area contributed by atoms with Crippen LogP contribution >= 0.6 is 0 Å². The van der Waals surface area contributed by atoms with E-state index in [0.717, 1.165) is 17.7 Å². The fourth-order valence-corrected chi connectivity index (χ4v) is 2.69. The van der Waals surface area contributed by atoms with Gasteiger partial charge in [0.15, 0.2) is 5.76 Å². The highest BCUT2D eigenvalue weighted by Gasteiger charge is 2.32. The second kappa shape index (κ2) is 7.00. The van der Waals surface area contributed by atoms with Crippen molar-refractivity contribution in [2.75, 3.05) is 5.32 Å². The van der Waals surface area contributed by atoms with Gasteiger partial charge in [-0.2, -0.15) is 5.10 Å². The van der Waals surface area contributed by atoms with Gasteiger partial charge in [0, 0.05) is 11.8 Å². The van der Waals surface area contributed by atoms with Gasteiger partial charge in [0.05, 0.1) is 6.26 Å². The first-order chi connectivity index (χ1) is 12.4. The van der Waals surface area contributed by atoms with Crippen LogP contribution in [0.2, 0.25) is 0 Å². The lowest BCUT2D eigenvalue weighted by Gasteiger charge is -2.25. The van der Waals surface area contributed by atoms with Crippen molar-refractivity contribution in [1.29, 1.82) is 0 Å². The molecule has 0 aliphatic heterocycles. The van der Waals surface area contributed by atoms with E-state index in [0.29, 0.717) is 11.5 Å². The van der Waals surface area contributed by atoms with Crippen molar-refractivity contribution in [3.8, 4) is 11.5 Å². The predicted octanol–water partition coefficient (Wildman–Crippen LogP) is 3.44. The maximum absolute atomic E-state index is 12.9. The highest BCUT2D eigenvalue weighted by atomic mass is 16.3. The number of hydrogen-bond donors (Lipinski definition) is 1. The van der Waals surface area contributed by atoms with Gasteiger partial charge in [-0.05, 0) is 50.1 Å². The van der Waals surface area contributed by atoms with E-state index in [2.05, 4.69) is 10.4 Å². The normalized spacial score (nSPS) is 11.3. The molecule has 0 atom stereocenters. The molecule has 0 fully saturated rings. The third kappa shape index (κ3) is 3.31. The minimum absolute atomic E-state index is 0.315. The molecule has 2 aromatic heterocycles. The zero-order valence-electron chi connectivity index (χ0n) is 15.0. The quantitative estimate of drug-likeness (QED) is 0.764. The largest absolute Gasteiger partial charge is 0.463 e. The van der Waals surface area contributed by atoms with E-state index in [1.54, 1.807) is 32.0 Å². The standard InChI is InChI=1S/C20H21N3O3/c1-4-14-8-5-6-9-15(14)21-19(25)20(2,3)23-18(24)12-11-16(22-23)17-10-7-13-26-17/h5-13H,4H2,1-3H3,(H,21,25). The third-order valence-electron chi connectivity index (χ3n) is 4.31. The maximum atomic E-state index is 12.9. The monoisotopic (exact) mass is 351 g/mol. The molecule has 26 heavy (non-hydrogen) atoms. The van der Waals surface area contributed by atoms with Crippen LogP contribution in [0.15, 0.2) is 64.0 Å². The van der Waals surface area contributed by atoms with Crippen LogP contribution in [0.25, 0.3) is 11.5 Å². The fraction of sp³-hybridized carbons (Fsp3) is 0.250. The van der Waals surface area contributed by atoms with Crippen LogP contribution in [-0.4, -0.2) is 15.7 Å². The summed E-state index contributed by atoms with van der Waals surface area (Å²) in [5, 5.41) is 7.26. The number of nitrogens with one attached hydrogen (secondary N) is 1. The molecule has 1 N–H and O–H groups in total. The number of rotatable bonds is 5. The number of nitrogens with zero attached hydrogens (tertiary/aromatic N) is 2. The number of aryl methyl sites for hydroxylation is 1. The molecular formula is C20H21N3O3. The smallest absolute Gasteiger partial charge is 0.267 e. The number of furan rings is 1. The summed E-state index contributed by atoms with van der Waals surface area (Å²) in [5.74, 6) is 0.218. The molecule has 0 aliphatic rings. The zero-order valence-corrected chi connectivity index (χ0v) is 15.0. The number of benzene rings is 1. The molecule has 6 heteroatoms. The lowest BCUT2D eigenvalue weighted by Crippen LogP contribution is -2.47. The minimum atomic E-state index is -1.18. The molecule has 0 saturated carbocycles. The molecule has 134 valence electrons. The Balaban J connectivity index is 1.95. The van der Waals surface area contributed by atoms with Crippen molar-refractivity contribution in [2.45, 2.75) is 32.7 Å². The Morgan fingerprint density at radius 3 is 2.62 bits per heavy atom. The highest BCUT2D eigenvalue weighted by Crippen LogP contribution is 2.21. The summed E-state index contributed by atoms with van der Waals surface area (Å²) in [5.41, 5.74) is 0.721.